The lowest BCUT2D eigenvalue weighted by Crippen LogP contribution is -1.97. The van der Waals surface area contributed by atoms with Gasteiger partial charge in [0.25, 0.3) is 0 Å². The molecule has 3 nitrogen and oxygen atoms in total. The fourth-order valence-electron chi connectivity index (χ4n) is 2.25. The fourth-order valence-corrected chi connectivity index (χ4v) is 2.25. The van der Waals surface area contributed by atoms with Crippen molar-refractivity contribution in [3.63, 3.8) is 0 Å². The number of rotatable bonds is 2. The second-order valence-corrected chi connectivity index (χ2v) is 4.53. The summed E-state index contributed by atoms with van der Waals surface area (Å²) < 4.78 is 15.3. The molecule has 3 aromatic rings. The number of nitrogens with zero attached hydrogens (tertiary/aromatic N) is 2. The molecule has 19 heavy (non-hydrogen) atoms. The van der Waals surface area contributed by atoms with E-state index in [1.807, 2.05) is 35.9 Å². The molecule has 1 heterocycles. The van der Waals surface area contributed by atoms with Gasteiger partial charge in [0.15, 0.2) is 0 Å². The smallest absolute Gasteiger partial charge is 0.140 e. The second kappa shape index (κ2) is 4.48. The van der Waals surface area contributed by atoms with Crippen LogP contribution in [-0.2, 0) is 13.6 Å². The van der Waals surface area contributed by atoms with E-state index in [2.05, 4.69) is 4.98 Å². The van der Waals surface area contributed by atoms with Crippen molar-refractivity contribution in [1.29, 1.82) is 0 Å². The summed E-state index contributed by atoms with van der Waals surface area (Å²) in [5.74, 6) is 0.496. The minimum absolute atomic E-state index is 0.257. The predicted molar refractivity (Wildman–Crippen MR) is 74.0 cm³/mol. The van der Waals surface area contributed by atoms with Crippen LogP contribution in [0.15, 0.2) is 42.5 Å². The van der Waals surface area contributed by atoms with Gasteiger partial charge < -0.3 is 10.3 Å². The van der Waals surface area contributed by atoms with E-state index < -0.39 is 0 Å². The maximum atomic E-state index is 13.3. The second-order valence-electron chi connectivity index (χ2n) is 4.53. The highest BCUT2D eigenvalue weighted by molar-refractivity contribution is 5.81. The number of fused-ring (bicyclic) bond motifs is 1. The summed E-state index contributed by atoms with van der Waals surface area (Å²) in [4.78, 5) is 4.55. The molecule has 0 atom stereocenters. The Morgan fingerprint density at radius 1 is 1.21 bits per heavy atom. The van der Waals surface area contributed by atoms with Crippen LogP contribution in [0.25, 0.3) is 22.4 Å². The number of hydrogen-bond donors (Lipinski definition) is 1. The molecule has 96 valence electrons. The Labute approximate surface area is 110 Å². The van der Waals surface area contributed by atoms with Gasteiger partial charge in [-0.15, -0.1) is 0 Å². The molecule has 2 N–H and O–H groups in total. The average Bonchev–Trinajstić information content (AvgIpc) is 2.76. The summed E-state index contributed by atoms with van der Waals surface area (Å²) in [6, 6.07) is 12.4. The van der Waals surface area contributed by atoms with Gasteiger partial charge in [0, 0.05) is 19.2 Å². The van der Waals surface area contributed by atoms with Crippen LogP contribution in [0.5, 0.6) is 0 Å². The van der Waals surface area contributed by atoms with Crippen LogP contribution < -0.4 is 5.73 Å². The molecule has 0 aliphatic carbocycles. The van der Waals surface area contributed by atoms with Gasteiger partial charge in [-0.05, 0) is 29.8 Å². The van der Waals surface area contributed by atoms with Crippen molar-refractivity contribution in [2.75, 3.05) is 0 Å². The van der Waals surface area contributed by atoms with Gasteiger partial charge >= 0.3 is 0 Å². The topological polar surface area (TPSA) is 43.8 Å². The van der Waals surface area contributed by atoms with Crippen LogP contribution in [-0.4, -0.2) is 9.55 Å². The molecule has 0 aliphatic rings. The zero-order valence-corrected chi connectivity index (χ0v) is 10.6. The van der Waals surface area contributed by atoms with Gasteiger partial charge in [0.2, 0.25) is 0 Å². The number of nitrogens with two attached hydrogens (primary N) is 1. The number of aromatic nitrogens is 2. The molecule has 0 fully saturated rings. The van der Waals surface area contributed by atoms with Gasteiger partial charge in [-0.2, -0.15) is 0 Å². The largest absolute Gasteiger partial charge is 0.327 e. The fraction of sp³-hybridized carbons (Fsp3) is 0.133. The molecule has 2 aromatic carbocycles. The van der Waals surface area contributed by atoms with Crippen LogP contribution in [0.3, 0.4) is 0 Å². The molecular weight excluding hydrogens is 241 g/mol. The van der Waals surface area contributed by atoms with Crippen molar-refractivity contribution in [3.8, 4) is 11.4 Å². The molecule has 0 bridgehead atoms. The van der Waals surface area contributed by atoms with E-state index in [9.17, 15) is 4.39 Å². The first kappa shape index (κ1) is 11.9. The van der Waals surface area contributed by atoms with Gasteiger partial charge in [-0.1, -0.05) is 18.2 Å². The molecule has 1 aromatic heterocycles. The Balaban J connectivity index is 2.22. The first-order valence-electron chi connectivity index (χ1n) is 6.10. The van der Waals surface area contributed by atoms with Crippen molar-refractivity contribution >= 4 is 11.0 Å². The zero-order valence-electron chi connectivity index (χ0n) is 10.6. The van der Waals surface area contributed by atoms with Crippen molar-refractivity contribution < 1.29 is 4.39 Å². The highest BCUT2D eigenvalue weighted by Gasteiger charge is 2.10. The van der Waals surface area contributed by atoms with E-state index in [0.29, 0.717) is 6.54 Å². The quantitative estimate of drug-likeness (QED) is 0.765. The molecule has 0 unspecified atom stereocenters. The number of imidazole rings is 1. The standard InChI is InChI=1S/C15H14FN3/c1-19-14-7-10(9-17)5-6-13(14)18-15(19)11-3-2-4-12(16)8-11/h2-8H,9,17H2,1H3. The third kappa shape index (κ3) is 2.00. The van der Waals surface area contributed by atoms with E-state index in [1.165, 1.54) is 12.1 Å². The SMILES string of the molecule is Cn1c(-c2cccc(F)c2)nc2ccc(CN)cc21. The first-order valence-corrected chi connectivity index (χ1v) is 6.10. The van der Waals surface area contributed by atoms with Crippen molar-refractivity contribution in [3.05, 3.63) is 53.8 Å². The van der Waals surface area contributed by atoms with Crippen LogP contribution in [0, 0.1) is 5.82 Å². The van der Waals surface area contributed by atoms with Gasteiger partial charge in [0.05, 0.1) is 11.0 Å². The molecule has 0 aliphatic heterocycles. The lowest BCUT2D eigenvalue weighted by molar-refractivity contribution is 0.628. The Morgan fingerprint density at radius 2 is 2.05 bits per heavy atom. The summed E-state index contributed by atoms with van der Waals surface area (Å²) in [5.41, 5.74) is 9.37. The molecule has 4 heteroatoms. The Hall–Kier alpha value is -2.20. The highest BCUT2D eigenvalue weighted by Crippen LogP contribution is 2.24. The summed E-state index contributed by atoms with van der Waals surface area (Å²) in [6.45, 7) is 0.496. The summed E-state index contributed by atoms with van der Waals surface area (Å²) in [5, 5.41) is 0. The van der Waals surface area contributed by atoms with Crippen molar-refractivity contribution in [2.24, 2.45) is 12.8 Å². The Kier molecular flexibility index (Phi) is 2.80. The molecule has 0 saturated heterocycles. The molecule has 0 spiro atoms. The van der Waals surface area contributed by atoms with Crippen LogP contribution >= 0.6 is 0 Å². The molecule has 0 radical (unpaired) electrons. The van der Waals surface area contributed by atoms with E-state index in [1.54, 1.807) is 6.07 Å². The van der Waals surface area contributed by atoms with Crippen LogP contribution in [0.4, 0.5) is 4.39 Å². The third-order valence-corrected chi connectivity index (χ3v) is 3.26. The van der Waals surface area contributed by atoms with Crippen LogP contribution in [0.1, 0.15) is 5.56 Å². The van der Waals surface area contributed by atoms with E-state index in [-0.39, 0.29) is 5.82 Å². The van der Waals surface area contributed by atoms with Crippen molar-refractivity contribution in [1.82, 2.24) is 9.55 Å². The van der Waals surface area contributed by atoms with E-state index in [4.69, 9.17) is 5.73 Å². The zero-order chi connectivity index (χ0) is 13.4. The van der Waals surface area contributed by atoms with Gasteiger partial charge in [-0.3, -0.25) is 0 Å². The molecule has 0 amide bonds. The number of aryl methyl sites for hydroxylation is 1. The number of benzene rings is 2. The average molecular weight is 255 g/mol. The number of hydrogen-bond acceptors (Lipinski definition) is 2. The third-order valence-electron chi connectivity index (χ3n) is 3.26. The summed E-state index contributed by atoms with van der Waals surface area (Å²) in [7, 11) is 1.93. The maximum Gasteiger partial charge on any atom is 0.140 e. The first-order chi connectivity index (χ1) is 9.19. The Bertz CT molecular complexity index is 746. The normalized spacial score (nSPS) is 11.1. The minimum atomic E-state index is -0.257. The van der Waals surface area contributed by atoms with E-state index in [0.717, 1.165) is 28.0 Å². The molecule has 0 saturated carbocycles. The molecule has 3 rings (SSSR count). The monoisotopic (exact) mass is 255 g/mol. The molecular formula is C15H14FN3. The lowest BCUT2D eigenvalue weighted by atomic mass is 10.2. The van der Waals surface area contributed by atoms with Crippen LogP contribution in [0.2, 0.25) is 0 Å². The number of halogens is 1. The van der Waals surface area contributed by atoms with Crippen molar-refractivity contribution in [2.45, 2.75) is 6.54 Å². The van der Waals surface area contributed by atoms with E-state index >= 15 is 0 Å². The summed E-state index contributed by atoms with van der Waals surface area (Å²) in [6.07, 6.45) is 0. The summed E-state index contributed by atoms with van der Waals surface area (Å²) >= 11 is 0. The predicted octanol–water partition coefficient (Wildman–Crippen LogP) is 2.84. The van der Waals surface area contributed by atoms with Gasteiger partial charge in [-0.25, -0.2) is 9.37 Å². The van der Waals surface area contributed by atoms with Gasteiger partial charge in [0.1, 0.15) is 11.6 Å². The highest BCUT2D eigenvalue weighted by atomic mass is 19.1. The lowest BCUT2D eigenvalue weighted by Gasteiger charge is -2.03. The minimum Gasteiger partial charge on any atom is -0.327 e. The maximum absolute atomic E-state index is 13.3. The Morgan fingerprint density at radius 3 is 2.79 bits per heavy atom.